The number of hydrogen-bond acceptors (Lipinski definition) is 3. The van der Waals surface area contributed by atoms with Crippen LogP contribution in [-0.2, 0) is 20.9 Å². The SMILES string of the molecule is CCOC(=O)CN(Cc1ccccc1)C(=O)CCl. The minimum absolute atomic E-state index is 0.0751. The van der Waals surface area contributed by atoms with Crippen LogP contribution in [-0.4, -0.2) is 35.8 Å². The Hall–Kier alpha value is -1.55. The van der Waals surface area contributed by atoms with Crippen molar-refractivity contribution in [1.82, 2.24) is 4.90 Å². The highest BCUT2D eigenvalue weighted by Crippen LogP contribution is 2.05. The fraction of sp³-hybridized carbons (Fsp3) is 0.385. The van der Waals surface area contributed by atoms with Crippen molar-refractivity contribution in [1.29, 1.82) is 0 Å². The first-order valence-corrected chi connectivity index (χ1v) is 6.24. The summed E-state index contributed by atoms with van der Waals surface area (Å²) in [6.07, 6.45) is 0. The quantitative estimate of drug-likeness (QED) is 0.585. The maximum Gasteiger partial charge on any atom is 0.325 e. The molecule has 0 fully saturated rings. The topological polar surface area (TPSA) is 46.6 Å². The Kier molecular flexibility index (Phi) is 6.22. The predicted octanol–water partition coefficient (Wildman–Crippen LogP) is 1.82. The van der Waals surface area contributed by atoms with Crippen molar-refractivity contribution in [3.05, 3.63) is 35.9 Å². The van der Waals surface area contributed by atoms with Crippen LogP contribution in [0.5, 0.6) is 0 Å². The molecule has 0 saturated carbocycles. The summed E-state index contributed by atoms with van der Waals surface area (Å²) in [5.74, 6) is -0.854. The molecule has 5 heteroatoms. The molecule has 1 rings (SSSR count). The largest absolute Gasteiger partial charge is 0.465 e. The van der Waals surface area contributed by atoms with Gasteiger partial charge in [-0.2, -0.15) is 0 Å². The van der Waals surface area contributed by atoms with Crippen molar-refractivity contribution in [2.24, 2.45) is 0 Å². The molecule has 0 N–H and O–H groups in total. The van der Waals surface area contributed by atoms with Gasteiger partial charge in [0.15, 0.2) is 0 Å². The molecular formula is C13H16ClNO3. The second-order valence-corrected chi connectivity index (χ2v) is 3.94. The zero-order chi connectivity index (χ0) is 13.4. The third-order valence-electron chi connectivity index (χ3n) is 2.31. The summed E-state index contributed by atoms with van der Waals surface area (Å²) in [6.45, 7) is 2.30. The number of benzene rings is 1. The van der Waals surface area contributed by atoms with Crippen molar-refractivity contribution in [2.45, 2.75) is 13.5 Å². The summed E-state index contributed by atoms with van der Waals surface area (Å²) in [5, 5.41) is 0. The number of hydrogen-bond donors (Lipinski definition) is 0. The smallest absolute Gasteiger partial charge is 0.325 e. The van der Waals surface area contributed by atoms with Crippen LogP contribution in [0.15, 0.2) is 30.3 Å². The van der Waals surface area contributed by atoms with E-state index in [1.807, 2.05) is 30.3 Å². The van der Waals surface area contributed by atoms with Gasteiger partial charge in [-0.05, 0) is 12.5 Å². The van der Waals surface area contributed by atoms with Crippen LogP contribution < -0.4 is 0 Å². The molecule has 0 aliphatic heterocycles. The van der Waals surface area contributed by atoms with Gasteiger partial charge in [-0.25, -0.2) is 0 Å². The minimum atomic E-state index is -0.424. The van der Waals surface area contributed by atoms with Gasteiger partial charge in [0.1, 0.15) is 12.4 Å². The summed E-state index contributed by atoms with van der Waals surface area (Å²) >= 11 is 5.53. The molecule has 0 saturated heterocycles. The normalized spacial score (nSPS) is 9.89. The Morgan fingerprint density at radius 3 is 2.50 bits per heavy atom. The standard InChI is InChI=1S/C13H16ClNO3/c1-2-18-13(17)10-15(12(16)8-14)9-11-6-4-3-5-7-11/h3-7H,2,8-10H2,1H3. The average Bonchev–Trinajstić information content (AvgIpc) is 2.38. The second-order valence-electron chi connectivity index (χ2n) is 3.67. The first-order valence-electron chi connectivity index (χ1n) is 5.70. The number of ether oxygens (including phenoxy) is 1. The third-order valence-corrected chi connectivity index (χ3v) is 2.54. The maximum atomic E-state index is 11.6. The monoisotopic (exact) mass is 269 g/mol. The summed E-state index contributed by atoms with van der Waals surface area (Å²) in [5.41, 5.74) is 0.945. The molecule has 0 aromatic heterocycles. The fourth-order valence-electron chi connectivity index (χ4n) is 1.48. The fourth-order valence-corrected chi connectivity index (χ4v) is 1.65. The van der Waals surface area contributed by atoms with Crippen LogP contribution in [0.25, 0.3) is 0 Å². The van der Waals surface area contributed by atoms with E-state index >= 15 is 0 Å². The van der Waals surface area contributed by atoms with Gasteiger partial charge in [0, 0.05) is 6.54 Å². The van der Waals surface area contributed by atoms with Gasteiger partial charge < -0.3 is 9.64 Å². The number of rotatable bonds is 6. The predicted molar refractivity (Wildman–Crippen MR) is 69.2 cm³/mol. The number of carbonyl (C=O) groups is 2. The van der Waals surface area contributed by atoms with E-state index in [1.54, 1.807) is 6.92 Å². The highest BCUT2D eigenvalue weighted by Gasteiger charge is 2.17. The Morgan fingerprint density at radius 1 is 1.28 bits per heavy atom. The number of carbonyl (C=O) groups excluding carboxylic acids is 2. The van der Waals surface area contributed by atoms with E-state index in [-0.39, 0.29) is 18.3 Å². The van der Waals surface area contributed by atoms with Crippen LogP contribution in [0.4, 0.5) is 0 Å². The van der Waals surface area contributed by atoms with Crippen LogP contribution in [0.1, 0.15) is 12.5 Å². The Bertz CT molecular complexity index is 394. The molecule has 0 atom stereocenters. The molecule has 0 aliphatic carbocycles. The molecule has 0 radical (unpaired) electrons. The second kappa shape index (κ2) is 7.71. The lowest BCUT2D eigenvalue weighted by atomic mass is 10.2. The minimum Gasteiger partial charge on any atom is -0.465 e. The molecule has 4 nitrogen and oxygen atoms in total. The van der Waals surface area contributed by atoms with Crippen LogP contribution >= 0.6 is 11.6 Å². The highest BCUT2D eigenvalue weighted by atomic mass is 35.5. The van der Waals surface area contributed by atoms with E-state index in [1.165, 1.54) is 4.90 Å². The zero-order valence-corrected chi connectivity index (χ0v) is 11.0. The number of nitrogens with zero attached hydrogens (tertiary/aromatic N) is 1. The number of halogens is 1. The van der Waals surface area contributed by atoms with Crippen molar-refractivity contribution in [3.63, 3.8) is 0 Å². The lowest BCUT2D eigenvalue weighted by molar-refractivity contribution is -0.148. The number of esters is 1. The lowest BCUT2D eigenvalue weighted by Crippen LogP contribution is -2.36. The van der Waals surface area contributed by atoms with E-state index in [0.717, 1.165) is 5.56 Å². The summed E-state index contributed by atoms with van der Waals surface area (Å²) in [7, 11) is 0. The van der Waals surface area contributed by atoms with Crippen molar-refractivity contribution in [3.8, 4) is 0 Å². The molecule has 0 heterocycles. The Labute approximate surface area is 111 Å². The van der Waals surface area contributed by atoms with Gasteiger partial charge >= 0.3 is 5.97 Å². The van der Waals surface area contributed by atoms with Gasteiger partial charge in [-0.1, -0.05) is 30.3 Å². The molecule has 1 aromatic rings. The van der Waals surface area contributed by atoms with Gasteiger partial charge in [0.05, 0.1) is 6.61 Å². The van der Waals surface area contributed by atoms with Crippen LogP contribution in [0, 0.1) is 0 Å². The van der Waals surface area contributed by atoms with Crippen molar-refractivity contribution in [2.75, 3.05) is 19.0 Å². The average molecular weight is 270 g/mol. The highest BCUT2D eigenvalue weighted by molar-refractivity contribution is 6.27. The molecule has 1 aromatic carbocycles. The third kappa shape index (κ3) is 4.75. The van der Waals surface area contributed by atoms with E-state index < -0.39 is 5.97 Å². The zero-order valence-electron chi connectivity index (χ0n) is 10.3. The first kappa shape index (κ1) is 14.5. The Morgan fingerprint density at radius 2 is 1.94 bits per heavy atom. The first-order chi connectivity index (χ1) is 8.67. The van der Waals surface area contributed by atoms with Gasteiger partial charge in [0.2, 0.25) is 5.91 Å². The summed E-state index contributed by atoms with van der Waals surface area (Å²) in [6, 6.07) is 9.42. The number of amides is 1. The van der Waals surface area contributed by atoms with E-state index in [9.17, 15) is 9.59 Å². The molecule has 0 unspecified atom stereocenters. The Balaban J connectivity index is 2.67. The summed E-state index contributed by atoms with van der Waals surface area (Å²) < 4.78 is 4.83. The molecule has 0 aliphatic rings. The summed E-state index contributed by atoms with van der Waals surface area (Å²) in [4.78, 5) is 24.4. The van der Waals surface area contributed by atoms with E-state index in [4.69, 9.17) is 16.3 Å². The van der Waals surface area contributed by atoms with Crippen LogP contribution in [0.3, 0.4) is 0 Å². The van der Waals surface area contributed by atoms with Crippen LogP contribution in [0.2, 0.25) is 0 Å². The molecule has 1 amide bonds. The van der Waals surface area contributed by atoms with Gasteiger partial charge in [-0.3, -0.25) is 9.59 Å². The number of alkyl halides is 1. The molecular weight excluding hydrogens is 254 g/mol. The van der Waals surface area contributed by atoms with E-state index in [0.29, 0.717) is 13.2 Å². The molecule has 0 bridgehead atoms. The van der Waals surface area contributed by atoms with E-state index in [2.05, 4.69) is 0 Å². The lowest BCUT2D eigenvalue weighted by Gasteiger charge is -2.20. The molecule has 0 spiro atoms. The maximum absolute atomic E-state index is 11.6. The molecule has 98 valence electrons. The van der Waals surface area contributed by atoms with Gasteiger partial charge in [0.25, 0.3) is 0 Å². The van der Waals surface area contributed by atoms with Crippen molar-refractivity contribution < 1.29 is 14.3 Å². The molecule has 18 heavy (non-hydrogen) atoms. The van der Waals surface area contributed by atoms with Gasteiger partial charge in [-0.15, -0.1) is 11.6 Å². The van der Waals surface area contributed by atoms with Crippen molar-refractivity contribution >= 4 is 23.5 Å².